The molecule has 0 aliphatic heterocycles. The Morgan fingerprint density at radius 1 is 1.14 bits per heavy atom. The lowest BCUT2D eigenvalue weighted by Gasteiger charge is -2.30. The number of nitro groups is 1. The lowest BCUT2D eigenvalue weighted by Crippen LogP contribution is -2.36. The van der Waals surface area contributed by atoms with E-state index in [0.717, 1.165) is 29.7 Å². The van der Waals surface area contributed by atoms with Gasteiger partial charge in [0.05, 0.1) is 9.82 Å². The standard InChI is InChI=1S/C19H26N4O4S2/c1-21(2)12-11-15(14-28-16-7-5-4-6-8-16)22(3)18-10-9-17(29(20,26)27)13-19(18)23(24)25/h4-10,13,15H,11-12,14H2,1-3H3,(H2,20,26,27)/t15-/m1/s1. The lowest BCUT2D eigenvalue weighted by atomic mass is 10.1. The third-order valence-electron chi connectivity index (χ3n) is 4.49. The van der Waals surface area contributed by atoms with Gasteiger partial charge in [-0.3, -0.25) is 10.1 Å². The number of benzene rings is 2. The van der Waals surface area contributed by atoms with Crippen LogP contribution in [0.4, 0.5) is 11.4 Å². The van der Waals surface area contributed by atoms with E-state index in [2.05, 4.69) is 4.90 Å². The second kappa shape index (κ2) is 10.1. The maximum absolute atomic E-state index is 11.6. The minimum Gasteiger partial charge on any atom is -0.365 e. The Labute approximate surface area is 175 Å². The van der Waals surface area contributed by atoms with Crippen LogP contribution in [0.25, 0.3) is 0 Å². The van der Waals surface area contributed by atoms with Gasteiger partial charge in [0.2, 0.25) is 10.0 Å². The first kappa shape index (κ1) is 23.1. The molecule has 0 spiro atoms. The first-order valence-corrected chi connectivity index (χ1v) is 11.5. The van der Waals surface area contributed by atoms with Crippen LogP contribution in [0.2, 0.25) is 0 Å². The molecule has 29 heavy (non-hydrogen) atoms. The Kier molecular flexibility index (Phi) is 8.03. The topological polar surface area (TPSA) is 110 Å². The fourth-order valence-electron chi connectivity index (χ4n) is 2.83. The van der Waals surface area contributed by atoms with Crippen molar-refractivity contribution in [2.45, 2.75) is 22.3 Å². The van der Waals surface area contributed by atoms with Crippen LogP contribution in [0.3, 0.4) is 0 Å². The van der Waals surface area contributed by atoms with Crippen molar-refractivity contribution < 1.29 is 13.3 Å². The molecule has 0 heterocycles. The SMILES string of the molecule is CN(C)CC[C@H](CSc1ccccc1)N(C)c1ccc(S(N)(=O)=O)cc1[N+](=O)[O-]. The van der Waals surface area contributed by atoms with Crippen LogP contribution in [0.1, 0.15) is 6.42 Å². The molecule has 2 N–H and O–H groups in total. The van der Waals surface area contributed by atoms with Crippen molar-refractivity contribution in [1.82, 2.24) is 4.90 Å². The number of thioether (sulfide) groups is 1. The number of nitro benzene ring substituents is 1. The van der Waals surface area contributed by atoms with E-state index in [0.29, 0.717) is 5.69 Å². The van der Waals surface area contributed by atoms with Crippen molar-refractivity contribution in [3.8, 4) is 0 Å². The van der Waals surface area contributed by atoms with Crippen LogP contribution in [0, 0.1) is 10.1 Å². The van der Waals surface area contributed by atoms with E-state index in [1.165, 1.54) is 12.1 Å². The zero-order valence-electron chi connectivity index (χ0n) is 16.7. The van der Waals surface area contributed by atoms with Gasteiger partial charge in [-0.1, -0.05) is 18.2 Å². The second-order valence-corrected chi connectivity index (χ2v) is 9.59. The fourth-order valence-corrected chi connectivity index (χ4v) is 4.48. The molecule has 0 aliphatic carbocycles. The molecular formula is C19H26N4O4S2. The van der Waals surface area contributed by atoms with Gasteiger partial charge in [-0.2, -0.15) is 0 Å². The molecule has 1 atom stereocenters. The molecular weight excluding hydrogens is 412 g/mol. The predicted octanol–water partition coefficient (Wildman–Crippen LogP) is 2.79. The fraction of sp³-hybridized carbons (Fsp3) is 0.368. The van der Waals surface area contributed by atoms with Crippen molar-refractivity contribution in [3.05, 3.63) is 58.6 Å². The average Bonchev–Trinajstić information content (AvgIpc) is 2.67. The molecule has 0 aliphatic rings. The van der Waals surface area contributed by atoms with E-state index in [9.17, 15) is 18.5 Å². The van der Waals surface area contributed by atoms with Gasteiger partial charge >= 0.3 is 0 Å². The highest BCUT2D eigenvalue weighted by Crippen LogP contribution is 2.33. The van der Waals surface area contributed by atoms with Gasteiger partial charge in [-0.25, -0.2) is 13.6 Å². The normalized spacial score (nSPS) is 12.7. The summed E-state index contributed by atoms with van der Waals surface area (Å²) in [6.07, 6.45) is 0.789. The lowest BCUT2D eigenvalue weighted by molar-refractivity contribution is -0.384. The highest BCUT2D eigenvalue weighted by molar-refractivity contribution is 7.99. The molecule has 10 heteroatoms. The summed E-state index contributed by atoms with van der Waals surface area (Å²) in [6.45, 7) is 0.813. The van der Waals surface area contributed by atoms with Crippen molar-refractivity contribution in [2.24, 2.45) is 5.14 Å². The summed E-state index contributed by atoms with van der Waals surface area (Å²) in [5, 5.41) is 16.7. The molecule has 0 saturated heterocycles. The van der Waals surface area contributed by atoms with E-state index in [1.807, 2.05) is 49.3 Å². The van der Waals surface area contributed by atoms with Crippen molar-refractivity contribution in [1.29, 1.82) is 0 Å². The van der Waals surface area contributed by atoms with Crippen LogP contribution in [0.15, 0.2) is 58.3 Å². The molecule has 0 aromatic heterocycles. The van der Waals surface area contributed by atoms with Crippen LogP contribution >= 0.6 is 11.8 Å². The van der Waals surface area contributed by atoms with Gasteiger partial charge < -0.3 is 9.80 Å². The number of rotatable bonds is 10. The Balaban J connectivity index is 2.33. The Hall–Kier alpha value is -2.14. The highest BCUT2D eigenvalue weighted by Gasteiger charge is 2.25. The maximum Gasteiger partial charge on any atom is 0.293 e. The third-order valence-corrected chi connectivity index (χ3v) is 6.56. The van der Waals surface area contributed by atoms with Gasteiger partial charge in [0.15, 0.2) is 0 Å². The quantitative estimate of drug-likeness (QED) is 0.345. The summed E-state index contributed by atoms with van der Waals surface area (Å²) in [5.41, 5.74) is 0.0819. The summed E-state index contributed by atoms with van der Waals surface area (Å²) in [5.74, 6) is 0.725. The molecule has 8 nitrogen and oxygen atoms in total. The number of hydrogen-bond donors (Lipinski definition) is 1. The third kappa shape index (κ3) is 6.70. The number of nitrogens with two attached hydrogens (primary N) is 1. The number of anilines is 1. The van der Waals surface area contributed by atoms with E-state index in [1.54, 1.807) is 18.8 Å². The van der Waals surface area contributed by atoms with Crippen molar-refractivity contribution >= 4 is 33.2 Å². The molecule has 2 rings (SSSR count). The maximum atomic E-state index is 11.6. The average molecular weight is 439 g/mol. The first-order valence-electron chi connectivity index (χ1n) is 8.96. The highest BCUT2D eigenvalue weighted by atomic mass is 32.2. The molecule has 0 saturated carbocycles. The largest absolute Gasteiger partial charge is 0.365 e. The van der Waals surface area contributed by atoms with E-state index in [4.69, 9.17) is 5.14 Å². The molecule has 0 bridgehead atoms. The van der Waals surface area contributed by atoms with Gasteiger partial charge in [0.1, 0.15) is 5.69 Å². The van der Waals surface area contributed by atoms with E-state index < -0.39 is 14.9 Å². The van der Waals surface area contributed by atoms with E-state index in [-0.39, 0.29) is 16.6 Å². The summed E-state index contributed by atoms with van der Waals surface area (Å²) in [6, 6.07) is 13.7. The van der Waals surface area contributed by atoms with Gasteiger partial charge in [0, 0.05) is 29.8 Å². The van der Waals surface area contributed by atoms with Crippen LogP contribution < -0.4 is 10.0 Å². The smallest absolute Gasteiger partial charge is 0.293 e. The minimum atomic E-state index is -4.02. The molecule has 0 fully saturated rings. The molecule has 2 aromatic rings. The molecule has 0 amide bonds. The summed E-state index contributed by atoms with van der Waals surface area (Å²) >= 11 is 1.68. The van der Waals surface area contributed by atoms with Crippen LogP contribution in [-0.2, 0) is 10.0 Å². The summed E-state index contributed by atoms with van der Waals surface area (Å²) in [7, 11) is 1.73. The second-order valence-electron chi connectivity index (χ2n) is 6.93. The zero-order chi connectivity index (χ0) is 21.6. The molecule has 2 aromatic carbocycles. The molecule has 0 radical (unpaired) electrons. The summed E-state index contributed by atoms with van der Waals surface area (Å²) in [4.78, 5) is 15.8. The Morgan fingerprint density at radius 2 is 1.79 bits per heavy atom. The first-order chi connectivity index (χ1) is 13.6. The van der Waals surface area contributed by atoms with Gasteiger partial charge in [0.25, 0.3) is 5.69 Å². The van der Waals surface area contributed by atoms with Crippen molar-refractivity contribution in [3.63, 3.8) is 0 Å². The molecule has 0 unspecified atom stereocenters. The summed E-state index contributed by atoms with van der Waals surface area (Å²) < 4.78 is 23.2. The monoisotopic (exact) mass is 438 g/mol. The van der Waals surface area contributed by atoms with Crippen molar-refractivity contribution in [2.75, 3.05) is 38.3 Å². The number of primary sulfonamides is 1. The number of nitrogens with zero attached hydrogens (tertiary/aromatic N) is 3. The molecule has 158 valence electrons. The number of sulfonamides is 1. The Bertz CT molecular complexity index is 936. The van der Waals surface area contributed by atoms with Crippen LogP contribution in [-0.4, -0.2) is 57.7 Å². The zero-order valence-corrected chi connectivity index (χ0v) is 18.3. The van der Waals surface area contributed by atoms with Gasteiger partial charge in [-0.15, -0.1) is 11.8 Å². The predicted molar refractivity (Wildman–Crippen MR) is 117 cm³/mol. The Morgan fingerprint density at radius 3 is 2.34 bits per heavy atom. The number of hydrogen-bond acceptors (Lipinski definition) is 7. The van der Waals surface area contributed by atoms with Crippen LogP contribution in [0.5, 0.6) is 0 Å². The minimum absolute atomic E-state index is 0.00152. The van der Waals surface area contributed by atoms with Gasteiger partial charge in [-0.05, 0) is 51.3 Å². The van der Waals surface area contributed by atoms with E-state index >= 15 is 0 Å².